The monoisotopic (exact) mass is 372 g/mol. The lowest BCUT2D eigenvalue weighted by molar-refractivity contribution is -0.116. The average molecular weight is 372 g/mol. The predicted molar refractivity (Wildman–Crippen MR) is 108 cm³/mol. The summed E-state index contributed by atoms with van der Waals surface area (Å²) in [5.41, 5.74) is 4.34. The number of rotatable bonds is 5. The zero-order valence-corrected chi connectivity index (χ0v) is 15.7. The van der Waals surface area contributed by atoms with E-state index in [2.05, 4.69) is 15.5 Å². The molecule has 0 spiro atoms. The Labute approximate surface area is 162 Å². The van der Waals surface area contributed by atoms with Crippen LogP contribution >= 0.6 is 0 Å². The first-order valence-electron chi connectivity index (χ1n) is 9.03. The van der Waals surface area contributed by atoms with Gasteiger partial charge in [0, 0.05) is 22.6 Å². The molecule has 0 bridgehead atoms. The lowest BCUT2D eigenvalue weighted by atomic mass is 10.2. The molecule has 4 rings (SSSR count). The molecule has 0 aliphatic heterocycles. The maximum Gasteiger partial charge on any atom is 0.249 e. The van der Waals surface area contributed by atoms with Crippen molar-refractivity contribution in [2.75, 3.05) is 5.32 Å². The molecule has 1 amide bonds. The second-order valence-corrected chi connectivity index (χ2v) is 6.56. The third-order valence-electron chi connectivity index (χ3n) is 4.61. The summed E-state index contributed by atoms with van der Waals surface area (Å²) in [6.45, 7) is 4.12. The Hall–Kier alpha value is -3.67. The first kappa shape index (κ1) is 17.7. The van der Waals surface area contributed by atoms with E-state index in [0.29, 0.717) is 11.8 Å². The topological polar surface area (TPSA) is 73.0 Å². The molecular formula is C22H20N4O2. The summed E-state index contributed by atoms with van der Waals surface area (Å²) in [7, 11) is 0. The van der Waals surface area contributed by atoms with E-state index in [1.54, 1.807) is 0 Å². The van der Waals surface area contributed by atoms with Crippen molar-refractivity contribution in [3.8, 4) is 22.9 Å². The number of carbonyl (C=O) groups excluding carboxylic acids is 1. The van der Waals surface area contributed by atoms with Crippen molar-refractivity contribution < 1.29 is 9.21 Å². The third-order valence-corrected chi connectivity index (χ3v) is 4.61. The summed E-state index contributed by atoms with van der Waals surface area (Å²) in [5.74, 6) is 0.832. The minimum atomic E-state index is -0.0879. The molecule has 6 nitrogen and oxygen atoms in total. The first-order valence-corrected chi connectivity index (χ1v) is 9.03. The molecule has 0 atom stereocenters. The van der Waals surface area contributed by atoms with Crippen molar-refractivity contribution in [2.24, 2.45) is 0 Å². The van der Waals surface area contributed by atoms with Crippen LogP contribution in [0.4, 0.5) is 5.69 Å². The fourth-order valence-corrected chi connectivity index (χ4v) is 3.16. The van der Waals surface area contributed by atoms with Crippen LogP contribution in [-0.2, 0) is 11.3 Å². The SMILES string of the molecule is Cc1cc(-c2nnc(-c3ccccc3)o2)c(C)n1CC(=O)Nc1ccccc1. The Morgan fingerprint density at radius 1 is 0.964 bits per heavy atom. The Morgan fingerprint density at radius 3 is 2.32 bits per heavy atom. The summed E-state index contributed by atoms with van der Waals surface area (Å²) in [6, 6.07) is 21.0. The maximum atomic E-state index is 12.4. The van der Waals surface area contributed by atoms with E-state index in [0.717, 1.165) is 28.2 Å². The zero-order chi connectivity index (χ0) is 19.5. The summed E-state index contributed by atoms with van der Waals surface area (Å²) in [5, 5.41) is 11.3. The number of hydrogen-bond donors (Lipinski definition) is 1. The highest BCUT2D eigenvalue weighted by Crippen LogP contribution is 2.28. The Balaban J connectivity index is 1.56. The predicted octanol–water partition coefficient (Wildman–Crippen LogP) is 4.46. The van der Waals surface area contributed by atoms with E-state index >= 15 is 0 Å². The number of amides is 1. The smallest absolute Gasteiger partial charge is 0.249 e. The van der Waals surface area contributed by atoms with Crippen LogP contribution < -0.4 is 5.32 Å². The van der Waals surface area contributed by atoms with Crippen molar-refractivity contribution in [2.45, 2.75) is 20.4 Å². The molecule has 2 heterocycles. The normalized spacial score (nSPS) is 10.8. The summed E-state index contributed by atoms with van der Waals surface area (Å²) in [6.07, 6.45) is 0. The molecule has 6 heteroatoms. The molecule has 140 valence electrons. The summed E-state index contributed by atoms with van der Waals surface area (Å²) >= 11 is 0. The number of benzene rings is 2. The molecule has 0 saturated heterocycles. The Bertz CT molecular complexity index is 1100. The molecule has 0 radical (unpaired) electrons. The van der Waals surface area contributed by atoms with Crippen molar-refractivity contribution in [1.29, 1.82) is 0 Å². The maximum absolute atomic E-state index is 12.4. The molecule has 0 aliphatic carbocycles. The van der Waals surface area contributed by atoms with Gasteiger partial charge in [-0.1, -0.05) is 36.4 Å². The van der Waals surface area contributed by atoms with Gasteiger partial charge in [0.2, 0.25) is 17.7 Å². The first-order chi connectivity index (χ1) is 13.6. The molecule has 2 aromatic heterocycles. The number of anilines is 1. The van der Waals surface area contributed by atoms with Crippen LogP contribution in [0, 0.1) is 13.8 Å². The van der Waals surface area contributed by atoms with Crippen molar-refractivity contribution >= 4 is 11.6 Å². The van der Waals surface area contributed by atoms with Crippen LogP contribution in [0.2, 0.25) is 0 Å². The number of hydrogen-bond acceptors (Lipinski definition) is 4. The van der Waals surface area contributed by atoms with E-state index < -0.39 is 0 Å². The van der Waals surface area contributed by atoms with E-state index in [-0.39, 0.29) is 12.5 Å². The molecular weight excluding hydrogens is 352 g/mol. The second-order valence-electron chi connectivity index (χ2n) is 6.56. The highest BCUT2D eigenvalue weighted by molar-refractivity contribution is 5.90. The van der Waals surface area contributed by atoms with Gasteiger partial charge in [-0.25, -0.2) is 0 Å². The molecule has 1 N–H and O–H groups in total. The van der Waals surface area contributed by atoms with Crippen molar-refractivity contribution in [3.05, 3.63) is 78.1 Å². The molecule has 0 aliphatic rings. The minimum absolute atomic E-state index is 0.0879. The fraction of sp³-hybridized carbons (Fsp3) is 0.136. The quantitative estimate of drug-likeness (QED) is 0.561. The van der Waals surface area contributed by atoms with Gasteiger partial charge in [-0.2, -0.15) is 0 Å². The highest BCUT2D eigenvalue weighted by Gasteiger charge is 2.18. The van der Waals surface area contributed by atoms with Gasteiger partial charge in [-0.3, -0.25) is 4.79 Å². The van der Waals surface area contributed by atoms with Crippen LogP contribution in [-0.4, -0.2) is 20.7 Å². The minimum Gasteiger partial charge on any atom is -0.416 e. The van der Waals surface area contributed by atoms with Crippen molar-refractivity contribution in [1.82, 2.24) is 14.8 Å². The Kier molecular flexibility index (Phi) is 4.76. The number of nitrogens with one attached hydrogen (secondary N) is 1. The molecule has 4 aromatic rings. The van der Waals surface area contributed by atoms with Crippen LogP contribution in [0.25, 0.3) is 22.9 Å². The Morgan fingerprint density at radius 2 is 1.61 bits per heavy atom. The van der Waals surface area contributed by atoms with Gasteiger partial charge in [0.1, 0.15) is 6.54 Å². The van der Waals surface area contributed by atoms with Crippen LogP contribution in [0.15, 0.2) is 71.1 Å². The molecule has 28 heavy (non-hydrogen) atoms. The van der Waals surface area contributed by atoms with Crippen LogP contribution in [0.3, 0.4) is 0 Å². The molecule has 0 fully saturated rings. The summed E-state index contributed by atoms with van der Waals surface area (Å²) < 4.78 is 7.81. The number of nitrogens with zero attached hydrogens (tertiary/aromatic N) is 3. The van der Waals surface area contributed by atoms with Crippen LogP contribution in [0.5, 0.6) is 0 Å². The van der Waals surface area contributed by atoms with Gasteiger partial charge in [0.05, 0.1) is 5.56 Å². The number of para-hydroxylation sites is 1. The third kappa shape index (κ3) is 3.57. The standard InChI is InChI=1S/C22H20N4O2/c1-15-13-19(22-25-24-21(28-22)17-9-5-3-6-10-17)16(2)26(15)14-20(27)23-18-11-7-4-8-12-18/h3-13H,14H2,1-2H3,(H,23,27). The average Bonchev–Trinajstić information content (AvgIpc) is 3.30. The van der Waals surface area contributed by atoms with Gasteiger partial charge in [0.15, 0.2) is 0 Å². The van der Waals surface area contributed by atoms with E-state index in [1.807, 2.05) is 85.1 Å². The largest absolute Gasteiger partial charge is 0.416 e. The van der Waals surface area contributed by atoms with E-state index in [4.69, 9.17) is 4.42 Å². The summed E-state index contributed by atoms with van der Waals surface area (Å²) in [4.78, 5) is 12.4. The van der Waals surface area contributed by atoms with Gasteiger partial charge in [-0.05, 0) is 44.2 Å². The highest BCUT2D eigenvalue weighted by atomic mass is 16.4. The number of carbonyl (C=O) groups is 1. The van der Waals surface area contributed by atoms with Gasteiger partial charge < -0.3 is 14.3 Å². The number of aromatic nitrogens is 3. The van der Waals surface area contributed by atoms with Gasteiger partial charge in [0.25, 0.3) is 0 Å². The van der Waals surface area contributed by atoms with Gasteiger partial charge >= 0.3 is 0 Å². The second kappa shape index (κ2) is 7.52. The van der Waals surface area contributed by atoms with Gasteiger partial charge in [-0.15, -0.1) is 10.2 Å². The molecule has 2 aromatic carbocycles. The van der Waals surface area contributed by atoms with Crippen LogP contribution in [0.1, 0.15) is 11.4 Å². The zero-order valence-electron chi connectivity index (χ0n) is 15.7. The lowest BCUT2D eigenvalue weighted by Gasteiger charge is -2.10. The van der Waals surface area contributed by atoms with E-state index in [1.165, 1.54) is 0 Å². The van der Waals surface area contributed by atoms with Crippen molar-refractivity contribution in [3.63, 3.8) is 0 Å². The lowest BCUT2D eigenvalue weighted by Crippen LogP contribution is -2.20. The fourth-order valence-electron chi connectivity index (χ4n) is 3.16. The van der Waals surface area contributed by atoms with E-state index in [9.17, 15) is 4.79 Å². The molecule has 0 unspecified atom stereocenters. The molecule has 0 saturated carbocycles. The number of aryl methyl sites for hydroxylation is 1.